The lowest BCUT2D eigenvalue weighted by atomic mass is 10.0. The molecule has 4 amide bonds. The van der Waals surface area contributed by atoms with Gasteiger partial charge in [-0.2, -0.15) is 11.8 Å². The predicted octanol–water partition coefficient (Wildman–Crippen LogP) is 3.02. The molecule has 1 aromatic carbocycles. The number of carbonyl (C=O) groups excluding carboxylic acids is 3. The van der Waals surface area contributed by atoms with E-state index in [0.29, 0.717) is 36.9 Å². The second-order valence-electron chi connectivity index (χ2n) is 9.59. The molecule has 1 aromatic rings. The highest BCUT2D eigenvalue weighted by molar-refractivity contribution is 8.00. The van der Waals surface area contributed by atoms with Gasteiger partial charge < -0.3 is 27.0 Å². The predicted molar refractivity (Wildman–Crippen MR) is 145 cm³/mol. The Morgan fingerprint density at radius 2 is 1.81 bits per heavy atom. The summed E-state index contributed by atoms with van der Waals surface area (Å²) in [4.78, 5) is 38.4. The molecule has 4 atom stereocenters. The van der Waals surface area contributed by atoms with Gasteiger partial charge in [0.25, 0.3) is 0 Å². The van der Waals surface area contributed by atoms with Crippen molar-refractivity contribution in [2.75, 3.05) is 18.8 Å². The Bertz CT molecular complexity index is 954. The number of amides is 4. The van der Waals surface area contributed by atoms with Crippen LogP contribution in [0.3, 0.4) is 0 Å². The van der Waals surface area contributed by atoms with Crippen molar-refractivity contribution in [1.29, 1.82) is 0 Å². The van der Waals surface area contributed by atoms with Crippen molar-refractivity contribution >= 4 is 35.3 Å². The van der Waals surface area contributed by atoms with Crippen molar-refractivity contribution in [2.24, 2.45) is 10.8 Å². The molecular weight excluding hydrogens is 492 g/mol. The molecule has 0 spiro atoms. The normalized spacial score (nSPS) is 20.8. The van der Waals surface area contributed by atoms with E-state index in [9.17, 15) is 14.4 Å². The van der Waals surface area contributed by atoms with Gasteiger partial charge in [0.15, 0.2) is 0 Å². The minimum absolute atomic E-state index is 0.0581. The van der Waals surface area contributed by atoms with Crippen LogP contribution in [0.4, 0.5) is 10.5 Å². The quantitative estimate of drug-likeness (QED) is 0.0725. The Balaban J connectivity index is 1.13. The van der Waals surface area contributed by atoms with Gasteiger partial charge in [0.2, 0.25) is 11.8 Å². The van der Waals surface area contributed by atoms with Gasteiger partial charge in [0, 0.05) is 41.1 Å². The van der Waals surface area contributed by atoms with Gasteiger partial charge in [0.05, 0.1) is 18.1 Å². The summed E-state index contributed by atoms with van der Waals surface area (Å²) in [7, 11) is 0. The van der Waals surface area contributed by atoms with Crippen molar-refractivity contribution in [3.8, 4) is 0 Å². The van der Waals surface area contributed by atoms with Gasteiger partial charge >= 0.3 is 6.03 Å². The molecule has 12 heteroatoms. The molecule has 11 nitrogen and oxygen atoms in total. The fourth-order valence-electron chi connectivity index (χ4n) is 4.63. The molecule has 3 rings (SSSR count). The molecule has 0 bridgehead atoms. The number of thioether (sulfide) groups is 1. The van der Waals surface area contributed by atoms with Crippen LogP contribution < -0.4 is 27.0 Å². The number of hydrogen-bond donors (Lipinski definition) is 5. The number of carbonyl (C=O) groups is 3. The average molecular weight is 531 g/mol. The van der Waals surface area contributed by atoms with E-state index in [1.807, 2.05) is 11.8 Å². The maximum atomic E-state index is 12.2. The zero-order valence-corrected chi connectivity index (χ0v) is 22.0. The van der Waals surface area contributed by atoms with Crippen molar-refractivity contribution in [1.82, 2.24) is 21.3 Å². The number of fused-ring (bicyclic) bond motifs is 1. The number of hydrogen-bond acceptors (Lipinski definition) is 6. The molecule has 2 aliphatic heterocycles. The molecule has 2 heterocycles. The molecule has 0 radical (unpaired) electrons. The first-order valence-electron chi connectivity index (χ1n) is 13.1. The highest BCUT2D eigenvalue weighted by atomic mass is 32.2. The number of nitrogens with one attached hydrogen (secondary N) is 4. The third-order valence-electron chi connectivity index (χ3n) is 6.69. The van der Waals surface area contributed by atoms with Crippen LogP contribution in [0.25, 0.3) is 10.4 Å². The lowest BCUT2D eigenvalue weighted by molar-refractivity contribution is -0.122. The van der Waals surface area contributed by atoms with Gasteiger partial charge in [-0.1, -0.05) is 48.6 Å². The number of azide groups is 1. The maximum absolute atomic E-state index is 12.2. The summed E-state index contributed by atoms with van der Waals surface area (Å²) in [5, 5.41) is 15.8. The summed E-state index contributed by atoms with van der Waals surface area (Å²) in [6.07, 6.45) is 7.57. The number of urea groups is 1. The average Bonchev–Trinajstić information content (AvgIpc) is 3.43. The number of unbranched alkanes of at least 4 members (excludes halogenated alkanes) is 4. The summed E-state index contributed by atoms with van der Waals surface area (Å²) in [5.74, 6) is 0.884. The fraction of sp³-hybridized carbons (Fsp3) is 0.640. The smallest absolute Gasteiger partial charge is 0.315 e. The summed E-state index contributed by atoms with van der Waals surface area (Å²) in [5.41, 5.74) is 15.9. The van der Waals surface area contributed by atoms with Crippen LogP contribution in [-0.4, -0.2) is 60.1 Å². The van der Waals surface area contributed by atoms with Crippen LogP contribution in [-0.2, 0) is 16.0 Å². The first kappa shape index (κ1) is 28.6. The van der Waals surface area contributed by atoms with Crippen molar-refractivity contribution in [3.63, 3.8) is 0 Å². The standard InChI is InChI=1S/C25H38N8O3S/c26-19(15-17-9-11-18(12-10-17)32-33-27)24(35)29-14-6-2-1-5-13-28-22(34)8-4-3-7-21-23-20(16-37-21)30-25(36)31-23/h9-12,19-21,23H,1-8,13-16,26H2,(H,28,34)(H,29,35)(H2,30,31,36). The van der Waals surface area contributed by atoms with Crippen LogP contribution >= 0.6 is 11.8 Å². The molecule has 0 aromatic heterocycles. The van der Waals surface area contributed by atoms with Crippen molar-refractivity contribution in [2.45, 2.75) is 81.2 Å². The molecule has 202 valence electrons. The van der Waals surface area contributed by atoms with Gasteiger partial charge in [-0.3, -0.25) is 9.59 Å². The number of rotatable bonds is 16. The first-order chi connectivity index (χ1) is 18.0. The summed E-state index contributed by atoms with van der Waals surface area (Å²) in [6, 6.07) is 6.79. The first-order valence-corrected chi connectivity index (χ1v) is 14.1. The molecule has 2 fully saturated rings. The Hall–Kier alpha value is -2.95. The number of benzene rings is 1. The van der Waals surface area contributed by atoms with Gasteiger partial charge in [0.1, 0.15) is 0 Å². The Labute approximate surface area is 222 Å². The zero-order chi connectivity index (χ0) is 26.5. The van der Waals surface area contributed by atoms with E-state index < -0.39 is 6.04 Å². The lowest BCUT2D eigenvalue weighted by Crippen LogP contribution is -2.42. The number of nitrogens with two attached hydrogens (primary N) is 1. The van der Waals surface area contributed by atoms with E-state index >= 15 is 0 Å². The molecule has 0 aliphatic carbocycles. The number of nitrogens with zero attached hydrogens (tertiary/aromatic N) is 3. The Morgan fingerprint density at radius 3 is 2.54 bits per heavy atom. The Morgan fingerprint density at radius 1 is 1.08 bits per heavy atom. The van der Waals surface area contributed by atoms with Gasteiger partial charge in [-0.25, -0.2) is 4.79 Å². The minimum Gasteiger partial charge on any atom is -0.356 e. The van der Waals surface area contributed by atoms with Crippen LogP contribution in [0.1, 0.15) is 56.9 Å². The summed E-state index contributed by atoms with van der Waals surface area (Å²) < 4.78 is 0. The molecule has 6 N–H and O–H groups in total. The second kappa shape index (κ2) is 15.3. The van der Waals surface area contributed by atoms with Gasteiger partial charge in [-0.15, -0.1) is 0 Å². The van der Waals surface area contributed by atoms with E-state index in [2.05, 4.69) is 31.3 Å². The fourth-order valence-corrected chi connectivity index (χ4v) is 6.18. The summed E-state index contributed by atoms with van der Waals surface area (Å²) in [6.45, 7) is 1.25. The van der Waals surface area contributed by atoms with E-state index in [1.165, 1.54) is 0 Å². The highest BCUT2D eigenvalue weighted by Gasteiger charge is 2.42. The highest BCUT2D eigenvalue weighted by Crippen LogP contribution is 2.33. The van der Waals surface area contributed by atoms with Crippen LogP contribution in [0.5, 0.6) is 0 Å². The van der Waals surface area contributed by atoms with E-state index in [-0.39, 0.29) is 29.9 Å². The molecule has 0 saturated carbocycles. The van der Waals surface area contributed by atoms with E-state index in [4.69, 9.17) is 11.3 Å². The summed E-state index contributed by atoms with van der Waals surface area (Å²) >= 11 is 1.91. The van der Waals surface area contributed by atoms with Gasteiger partial charge in [-0.05, 0) is 43.2 Å². The topological polar surface area (TPSA) is 174 Å². The molecule has 37 heavy (non-hydrogen) atoms. The molecule has 4 unspecified atom stereocenters. The van der Waals surface area contributed by atoms with Crippen molar-refractivity contribution < 1.29 is 14.4 Å². The maximum Gasteiger partial charge on any atom is 0.315 e. The molecule has 2 aliphatic rings. The van der Waals surface area contributed by atoms with Crippen LogP contribution in [0, 0.1) is 0 Å². The minimum atomic E-state index is -0.630. The third kappa shape index (κ3) is 9.79. The third-order valence-corrected chi connectivity index (χ3v) is 8.20. The zero-order valence-electron chi connectivity index (χ0n) is 21.2. The Kier molecular flexibility index (Phi) is 11.9. The van der Waals surface area contributed by atoms with E-state index in [0.717, 1.165) is 56.3 Å². The van der Waals surface area contributed by atoms with Crippen LogP contribution in [0.15, 0.2) is 29.4 Å². The van der Waals surface area contributed by atoms with E-state index in [1.54, 1.807) is 24.3 Å². The SMILES string of the molecule is [N-]=[N+]=Nc1ccc(CC(N)C(=O)NCCCCCCNC(=O)CCCCC2SCC3NC(=O)NC32)cc1. The lowest BCUT2D eigenvalue weighted by Gasteiger charge is -2.16. The van der Waals surface area contributed by atoms with Crippen molar-refractivity contribution in [3.05, 3.63) is 40.3 Å². The largest absolute Gasteiger partial charge is 0.356 e. The second-order valence-corrected chi connectivity index (χ2v) is 10.9. The van der Waals surface area contributed by atoms with Crippen LogP contribution in [0.2, 0.25) is 0 Å². The molecular formula is C25H38N8O3S. The molecule has 2 saturated heterocycles. The monoisotopic (exact) mass is 530 g/mol.